The second kappa shape index (κ2) is 4.81. The van der Waals surface area contributed by atoms with Crippen LogP contribution in [0.4, 0.5) is 0 Å². The number of carbonyl (C=O) groups is 1. The normalized spacial score (nSPS) is 10.1. The lowest BCUT2D eigenvalue weighted by atomic mass is 10.1. The fourth-order valence-corrected chi connectivity index (χ4v) is 1.26. The van der Waals surface area contributed by atoms with Gasteiger partial charge in [0.05, 0.1) is 18.9 Å². The lowest BCUT2D eigenvalue weighted by Crippen LogP contribution is -2.00. The smallest absolute Gasteiger partial charge is 0.337 e. The van der Waals surface area contributed by atoms with Gasteiger partial charge in [-0.3, -0.25) is 0 Å². The summed E-state index contributed by atoms with van der Waals surface area (Å²) in [6.45, 7) is 0. The first kappa shape index (κ1) is 12.3. The zero-order valence-electron chi connectivity index (χ0n) is 8.85. The van der Waals surface area contributed by atoms with Crippen LogP contribution >= 0.6 is 0 Å². The van der Waals surface area contributed by atoms with Crippen LogP contribution in [0.3, 0.4) is 0 Å². The number of ether oxygens (including phenoxy) is 1. The van der Waals surface area contributed by atoms with Crippen LogP contribution in [0.5, 0.6) is 0 Å². The molecule has 0 atom stereocenters. The Labute approximate surface area is 94.2 Å². The van der Waals surface area contributed by atoms with Crippen molar-refractivity contribution in [2.75, 3.05) is 13.4 Å². The van der Waals surface area contributed by atoms with Gasteiger partial charge < -0.3 is 4.74 Å². The van der Waals surface area contributed by atoms with Crippen molar-refractivity contribution in [3.05, 3.63) is 35.4 Å². The highest BCUT2D eigenvalue weighted by Crippen LogP contribution is 2.04. The van der Waals surface area contributed by atoms with Crippen LogP contribution < -0.4 is 0 Å². The Hall–Kier alpha value is -1.80. The molecule has 84 valence electrons. The molecule has 0 spiro atoms. The highest BCUT2D eigenvalue weighted by molar-refractivity contribution is 7.95. The van der Waals surface area contributed by atoms with E-state index >= 15 is 0 Å². The maximum absolute atomic E-state index is 11.1. The zero-order valence-corrected chi connectivity index (χ0v) is 9.67. The van der Waals surface area contributed by atoms with Gasteiger partial charge in [-0.2, -0.15) is 0 Å². The molecular weight excluding hydrogens is 228 g/mol. The summed E-state index contributed by atoms with van der Waals surface area (Å²) in [7, 11) is -2.01. The van der Waals surface area contributed by atoms with Gasteiger partial charge in [-0.05, 0) is 24.3 Å². The van der Waals surface area contributed by atoms with Crippen molar-refractivity contribution in [2.45, 2.75) is 0 Å². The van der Waals surface area contributed by atoms with Gasteiger partial charge in [0.15, 0.2) is 0 Å². The van der Waals surface area contributed by atoms with Crippen LogP contribution in [0.2, 0.25) is 0 Å². The Kier molecular flexibility index (Phi) is 3.69. The van der Waals surface area contributed by atoms with Crippen molar-refractivity contribution in [3.63, 3.8) is 0 Å². The van der Waals surface area contributed by atoms with Gasteiger partial charge in [0.25, 0.3) is 0 Å². The monoisotopic (exact) mass is 238 g/mol. The molecular formula is C11H10O4S. The van der Waals surface area contributed by atoms with Crippen molar-refractivity contribution in [1.82, 2.24) is 0 Å². The summed E-state index contributed by atoms with van der Waals surface area (Å²) in [5.74, 6) is 2.04. The molecule has 0 aliphatic heterocycles. The number of sulfone groups is 1. The van der Waals surface area contributed by atoms with E-state index in [1.807, 2.05) is 0 Å². The third-order valence-electron chi connectivity index (χ3n) is 1.69. The molecule has 1 rings (SSSR count). The fourth-order valence-electron chi connectivity index (χ4n) is 0.959. The van der Waals surface area contributed by atoms with Gasteiger partial charge in [-0.1, -0.05) is 5.92 Å². The molecule has 0 amide bonds. The molecule has 0 saturated heterocycles. The summed E-state index contributed by atoms with van der Waals surface area (Å²) >= 11 is 0. The second-order valence-electron chi connectivity index (χ2n) is 3.07. The van der Waals surface area contributed by atoms with E-state index in [1.54, 1.807) is 12.1 Å². The average molecular weight is 238 g/mol. The van der Waals surface area contributed by atoms with E-state index in [0.717, 1.165) is 6.26 Å². The highest BCUT2D eigenvalue weighted by Gasteiger charge is 2.03. The number of methoxy groups -OCH3 is 1. The van der Waals surface area contributed by atoms with Gasteiger partial charge in [0, 0.05) is 10.8 Å². The van der Waals surface area contributed by atoms with E-state index in [0.29, 0.717) is 11.1 Å². The topological polar surface area (TPSA) is 60.4 Å². The van der Waals surface area contributed by atoms with Gasteiger partial charge in [-0.15, -0.1) is 0 Å². The standard InChI is InChI=1S/C11H10O4S/c1-15-11(12)10-5-3-9(4-6-10)7-8-16(2,13)14/h3-6H,1-2H3. The molecule has 16 heavy (non-hydrogen) atoms. The van der Waals surface area contributed by atoms with E-state index in [1.165, 1.54) is 19.2 Å². The molecule has 0 radical (unpaired) electrons. The number of benzene rings is 1. The highest BCUT2D eigenvalue weighted by atomic mass is 32.2. The number of hydrogen-bond donors (Lipinski definition) is 0. The Morgan fingerprint density at radius 1 is 1.25 bits per heavy atom. The van der Waals surface area contributed by atoms with Crippen molar-refractivity contribution in [3.8, 4) is 11.2 Å². The predicted octanol–water partition coefficient (Wildman–Crippen LogP) is 0.827. The van der Waals surface area contributed by atoms with E-state index in [9.17, 15) is 13.2 Å². The summed E-state index contributed by atoms with van der Waals surface area (Å²) < 4.78 is 26.1. The first-order chi connectivity index (χ1) is 7.42. The van der Waals surface area contributed by atoms with Crippen molar-refractivity contribution in [2.24, 2.45) is 0 Å². The van der Waals surface area contributed by atoms with Crippen LogP contribution in [-0.2, 0) is 14.6 Å². The molecule has 0 aliphatic carbocycles. The zero-order chi connectivity index (χ0) is 12.2. The maximum Gasteiger partial charge on any atom is 0.337 e. The largest absolute Gasteiger partial charge is 0.465 e. The molecule has 0 aliphatic rings. The van der Waals surface area contributed by atoms with Gasteiger partial charge >= 0.3 is 5.97 Å². The van der Waals surface area contributed by atoms with Crippen LogP contribution in [0.25, 0.3) is 0 Å². The summed E-state index contributed by atoms with van der Waals surface area (Å²) in [4.78, 5) is 11.1. The maximum atomic E-state index is 11.1. The van der Waals surface area contributed by atoms with Crippen LogP contribution in [0, 0.1) is 11.2 Å². The number of carbonyl (C=O) groups excluding carboxylic acids is 1. The third-order valence-corrected chi connectivity index (χ3v) is 2.16. The molecule has 0 fully saturated rings. The second-order valence-corrected chi connectivity index (χ2v) is 4.82. The first-order valence-electron chi connectivity index (χ1n) is 4.33. The lowest BCUT2D eigenvalue weighted by Gasteiger charge is -1.97. The van der Waals surface area contributed by atoms with Gasteiger partial charge in [-0.25, -0.2) is 13.2 Å². The number of hydrogen-bond acceptors (Lipinski definition) is 4. The Morgan fingerprint density at radius 2 is 1.81 bits per heavy atom. The minimum absolute atomic E-state index is 0.396. The number of rotatable bonds is 1. The molecule has 0 unspecified atom stereocenters. The molecule has 0 bridgehead atoms. The molecule has 0 aromatic heterocycles. The van der Waals surface area contributed by atoms with Crippen molar-refractivity contribution in [1.29, 1.82) is 0 Å². The molecule has 0 heterocycles. The molecule has 1 aromatic rings. The van der Waals surface area contributed by atoms with E-state index < -0.39 is 15.8 Å². The summed E-state index contributed by atoms with van der Waals surface area (Å²) in [5, 5.41) is 2.11. The number of esters is 1. The summed E-state index contributed by atoms with van der Waals surface area (Å²) in [6, 6.07) is 6.17. The van der Waals surface area contributed by atoms with Crippen LogP contribution in [-0.4, -0.2) is 27.8 Å². The van der Waals surface area contributed by atoms with Crippen molar-refractivity contribution >= 4 is 15.8 Å². The minimum Gasteiger partial charge on any atom is -0.465 e. The predicted molar refractivity (Wildman–Crippen MR) is 59.5 cm³/mol. The van der Waals surface area contributed by atoms with Gasteiger partial charge in [0.2, 0.25) is 9.84 Å². The van der Waals surface area contributed by atoms with Crippen molar-refractivity contribution < 1.29 is 17.9 Å². The Balaban J connectivity index is 2.95. The molecule has 4 nitrogen and oxygen atoms in total. The van der Waals surface area contributed by atoms with E-state index in [2.05, 4.69) is 15.9 Å². The quantitative estimate of drug-likeness (QED) is 0.537. The lowest BCUT2D eigenvalue weighted by molar-refractivity contribution is 0.0600. The molecule has 0 saturated carbocycles. The summed E-state index contributed by atoms with van der Waals surface area (Å²) in [6.07, 6.45) is 1.03. The van der Waals surface area contributed by atoms with Crippen LogP contribution in [0.15, 0.2) is 24.3 Å². The van der Waals surface area contributed by atoms with Crippen LogP contribution in [0.1, 0.15) is 15.9 Å². The minimum atomic E-state index is -3.31. The molecule has 5 heteroatoms. The third kappa shape index (κ3) is 3.75. The Bertz CT molecular complexity index is 544. The van der Waals surface area contributed by atoms with E-state index in [4.69, 9.17) is 0 Å². The average Bonchev–Trinajstić information content (AvgIpc) is 2.25. The van der Waals surface area contributed by atoms with E-state index in [-0.39, 0.29) is 0 Å². The van der Waals surface area contributed by atoms with Gasteiger partial charge in [0.1, 0.15) is 0 Å². The summed E-state index contributed by atoms with van der Waals surface area (Å²) in [5.41, 5.74) is 0.922. The SMILES string of the molecule is COC(=O)c1ccc(C#CS(C)(=O)=O)cc1. The molecule has 0 N–H and O–H groups in total. The first-order valence-corrected chi connectivity index (χ1v) is 6.22. The Morgan fingerprint density at radius 3 is 2.25 bits per heavy atom. The fraction of sp³-hybridized carbons (Fsp3) is 0.182. The molecule has 1 aromatic carbocycles.